The highest BCUT2D eigenvalue weighted by Crippen LogP contribution is 2.28. The van der Waals surface area contributed by atoms with E-state index in [4.69, 9.17) is 0 Å². The molecule has 0 spiro atoms. The lowest BCUT2D eigenvalue weighted by molar-refractivity contribution is -0.132. The molecule has 1 fully saturated rings. The normalized spacial score (nSPS) is 15.5. The first-order valence-electron chi connectivity index (χ1n) is 7.84. The molecule has 24 heavy (non-hydrogen) atoms. The highest BCUT2D eigenvalue weighted by molar-refractivity contribution is 7.20. The van der Waals surface area contributed by atoms with Crippen LogP contribution in [0.3, 0.4) is 0 Å². The lowest BCUT2D eigenvalue weighted by atomic mass is 10.2. The van der Waals surface area contributed by atoms with E-state index in [1.54, 1.807) is 29.7 Å². The second-order valence-electron chi connectivity index (χ2n) is 5.63. The van der Waals surface area contributed by atoms with Crippen LogP contribution in [0.2, 0.25) is 0 Å². The van der Waals surface area contributed by atoms with E-state index in [2.05, 4.69) is 15.2 Å². The first-order valence-corrected chi connectivity index (χ1v) is 9.60. The van der Waals surface area contributed by atoms with Crippen LogP contribution in [0.15, 0.2) is 22.9 Å². The molecular weight excluding hydrogens is 344 g/mol. The maximum atomic E-state index is 12.4. The monoisotopic (exact) mass is 364 g/mol. The minimum absolute atomic E-state index is 0.0124. The Kier molecular flexibility index (Phi) is 5.60. The lowest BCUT2D eigenvalue weighted by Gasteiger charge is -2.34. The Bertz CT molecular complexity index is 691. The first kappa shape index (κ1) is 17.1. The third-order valence-corrected chi connectivity index (χ3v) is 5.92. The molecule has 0 unspecified atom stereocenters. The van der Waals surface area contributed by atoms with Gasteiger partial charge in [-0.2, -0.15) is 0 Å². The molecule has 0 aromatic carbocycles. The number of aromatic nitrogens is 1. The number of hydrogen-bond acceptors (Lipinski definition) is 6. The molecule has 3 rings (SSSR count). The SMILES string of the molecule is CNC(=O)CN1CCN(C(=O)Cc2csc(-c3cccs3)n2)CC1. The molecule has 1 N–H and O–H groups in total. The molecule has 128 valence electrons. The molecule has 1 aliphatic rings. The van der Waals surface area contributed by atoms with Crippen molar-refractivity contribution >= 4 is 34.5 Å². The van der Waals surface area contributed by atoms with E-state index in [1.807, 2.05) is 27.8 Å². The second-order valence-corrected chi connectivity index (χ2v) is 7.43. The van der Waals surface area contributed by atoms with Crippen molar-refractivity contribution in [3.8, 4) is 9.88 Å². The molecular formula is C16H20N4O2S2. The molecule has 0 saturated carbocycles. The Labute approximate surface area is 149 Å². The zero-order chi connectivity index (χ0) is 16.9. The molecule has 0 bridgehead atoms. The quantitative estimate of drug-likeness (QED) is 0.869. The fraction of sp³-hybridized carbons (Fsp3) is 0.438. The van der Waals surface area contributed by atoms with Crippen molar-refractivity contribution < 1.29 is 9.59 Å². The molecule has 2 aromatic heterocycles. The largest absolute Gasteiger partial charge is 0.358 e. The summed E-state index contributed by atoms with van der Waals surface area (Å²) in [5.74, 6) is 0.121. The highest BCUT2D eigenvalue weighted by Gasteiger charge is 2.22. The minimum Gasteiger partial charge on any atom is -0.358 e. The number of thiazole rings is 1. The molecule has 2 aromatic rings. The lowest BCUT2D eigenvalue weighted by Crippen LogP contribution is -2.51. The number of nitrogens with zero attached hydrogens (tertiary/aromatic N) is 3. The van der Waals surface area contributed by atoms with Crippen LogP contribution in [0.25, 0.3) is 9.88 Å². The summed E-state index contributed by atoms with van der Waals surface area (Å²) in [6.07, 6.45) is 0.345. The summed E-state index contributed by atoms with van der Waals surface area (Å²) in [7, 11) is 1.64. The zero-order valence-electron chi connectivity index (χ0n) is 13.5. The van der Waals surface area contributed by atoms with E-state index < -0.39 is 0 Å². The van der Waals surface area contributed by atoms with Gasteiger partial charge >= 0.3 is 0 Å². The fourth-order valence-electron chi connectivity index (χ4n) is 2.61. The molecule has 0 atom stereocenters. The van der Waals surface area contributed by atoms with Crippen LogP contribution < -0.4 is 5.32 Å². The van der Waals surface area contributed by atoms with E-state index >= 15 is 0 Å². The van der Waals surface area contributed by atoms with E-state index in [1.165, 1.54) is 0 Å². The van der Waals surface area contributed by atoms with E-state index in [9.17, 15) is 9.59 Å². The first-order chi connectivity index (χ1) is 11.7. The average Bonchev–Trinajstić information content (AvgIpc) is 3.26. The van der Waals surface area contributed by atoms with Crippen molar-refractivity contribution in [1.82, 2.24) is 20.1 Å². The topological polar surface area (TPSA) is 65.5 Å². The summed E-state index contributed by atoms with van der Waals surface area (Å²) in [4.78, 5) is 33.5. The third-order valence-electron chi connectivity index (χ3n) is 3.99. The molecule has 1 saturated heterocycles. The molecule has 0 aliphatic carbocycles. The van der Waals surface area contributed by atoms with Crippen LogP contribution in [0.4, 0.5) is 0 Å². The summed E-state index contributed by atoms with van der Waals surface area (Å²) in [6, 6.07) is 4.05. The summed E-state index contributed by atoms with van der Waals surface area (Å²) >= 11 is 3.24. The fourth-order valence-corrected chi connectivity index (χ4v) is 4.24. The van der Waals surface area contributed by atoms with Crippen molar-refractivity contribution in [2.45, 2.75) is 6.42 Å². The molecule has 0 radical (unpaired) electrons. The van der Waals surface area contributed by atoms with Crippen LogP contribution in [-0.4, -0.2) is 66.4 Å². The number of nitrogens with one attached hydrogen (secondary N) is 1. The van der Waals surface area contributed by atoms with Crippen LogP contribution in [0.1, 0.15) is 5.69 Å². The van der Waals surface area contributed by atoms with E-state index in [0.717, 1.165) is 28.7 Å². The van der Waals surface area contributed by atoms with Crippen LogP contribution >= 0.6 is 22.7 Å². The Morgan fingerprint density at radius 3 is 2.71 bits per heavy atom. The minimum atomic E-state index is 0.0124. The van der Waals surface area contributed by atoms with Gasteiger partial charge in [0.15, 0.2) is 0 Å². The van der Waals surface area contributed by atoms with Gasteiger partial charge in [-0.25, -0.2) is 4.98 Å². The van der Waals surface area contributed by atoms with Crippen molar-refractivity contribution in [3.63, 3.8) is 0 Å². The van der Waals surface area contributed by atoms with Gasteiger partial charge in [-0.15, -0.1) is 22.7 Å². The Balaban J connectivity index is 1.50. The number of hydrogen-bond donors (Lipinski definition) is 1. The summed E-state index contributed by atoms with van der Waals surface area (Å²) < 4.78 is 0. The number of likely N-dealkylation sites (N-methyl/N-ethyl adjacent to an activating group) is 1. The second kappa shape index (κ2) is 7.87. The predicted molar refractivity (Wildman–Crippen MR) is 96.2 cm³/mol. The van der Waals surface area contributed by atoms with Crippen LogP contribution in [0.5, 0.6) is 0 Å². The average molecular weight is 364 g/mol. The van der Waals surface area contributed by atoms with Gasteiger partial charge in [0.1, 0.15) is 5.01 Å². The van der Waals surface area contributed by atoms with Crippen molar-refractivity contribution in [2.75, 3.05) is 39.8 Å². The number of thiophene rings is 1. The predicted octanol–water partition coefficient (Wildman–Crippen LogP) is 1.30. The number of carbonyl (C=O) groups is 2. The van der Waals surface area contributed by atoms with Gasteiger partial charge in [-0.1, -0.05) is 6.07 Å². The smallest absolute Gasteiger partial charge is 0.233 e. The van der Waals surface area contributed by atoms with Gasteiger partial charge in [0.05, 0.1) is 23.5 Å². The Morgan fingerprint density at radius 2 is 2.04 bits per heavy atom. The summed E-state index contributed by atoms with van der Waals surface area (Å²) in [5, 5.41) is 7.60. The summed E-state index contributed by atoms with van der Waals surface area (Å²) in [6.45, 7) is 3.19. The van der Waals surface area contributed by atoms with Gasteiger partial charge in [0.2, 0.25) is 11.8 Å². The molecule has 6 nitrogen and oxygen atoms in total. The molecule has 1 aliphatic heterocycles. The standard InChI is InChI=1S/C16H20N4O2S2/c1-17-14(21)10-19-4-6-20(7-5-19)15(22)9-12-11-24-16(18-12)13-3-2-8-23-13/h2-3,8,11H,4-7,9-10H2,1H3,(H,17,21). The van der Waals surface area contributed by atoms with Gasteiger partial charge in [-0.3, -0.25) is 14.5 Å². The summed E-state index contributed by atoms with van der Waals surface area (Å²) in [5.41, 5.74) is 0.834. The molecule has 8 heteroatoms. The van der Waals surface area contributed by atoms with Gasteiger partial charge in [0, 0.05) is 38.6 Å². The highest BCUT2D eigenvalue weighted by atomic mass is 32.1. The van der Waals surface area contributed by atoms with E-state index in [-0.39, 0.29) is 11.8 Å². The maximum absolute atomic E-state index is 12.4. The van der Waals surface area contributed by atoms with Crippen LogP contribution in [-0.2, 0) is 16.0 Å². The van der Waals surface area contributed by atoms with E-state index in [0.29, 0.717) is 26.1 Å². The van der Waals surface area contributed by atoms with Crippen LogP contribution in [0, 0.1) is 0 Å². The Hall–Kier alpha value is -1.77. The molecule has 3 heterocycles. The number of amides is 2. The van der Waals surface area contributed by atoms with Crippen molar-refractivity contribution in [3.05, 3.63) is 28.6 Å². The third kappa shape index (κ3) is 4.19. The Morgan fingerprint density at radius 1 is 1.25 bits per heavy atom. The molecule has 2 amide bonds. The van der Waals surface area contributed by atoms with Gasteiger partial charge < -0.3 is 10.2 Å². The number of piperazine rings is 1. The van der Waals surface area contributed by atoms with Crippen molar-refractivity contribution in [2.24, 2.45) is 0 Å². The number of rotatable bonds is 5. The maximum Gasteiger partial charge on any atom is 0.233 e. The zero-order valence-corrected chi connectivity index (χ0v) is 15.2. The van der Waals surface area contributed by atoms with Gasteiger partial charge in [0.25, 0.3) is 0 Å². The van der Waals surface area contributed by atoms with Crippen molar-refractivity contribution in [1.29, 1.82) is 0 Å². The number of carbonyl (C=O) groups excluding carboxylic acids is 2. The van der Waals surface area contributed by atoms with Gasteiger partial charge in [-0.05, 0) is 11.4 Å².